The largest absolute Gasteiger partial charge is 0.396 e. The Bertz CT molecular complexity index is 117. The van der Waals surface area contributed by atoms with E-state index >= 15 is 0 Å². The first-order valence-corrected chi connectivity index (χ1v) is 4.67. The molecule has 0 saturated carbocycles. The van der Waals surface area contributed by atoms with Crippen LogP contribution >= 0.6 is 15.9 Å². The summed E-state index contributed by atoms with van der Waals surface area (Å²) in [5.41, 5.74) is 0. The Morgan fingerprint density at radius 3 is 2.73 bits per heavy atom. The van der Waals surface area contributed by atoms with Crippen molar-refractivity contribution >= 4 is 15.9 Å². The highest BCUT2D eigenvalue weighted by Crippen LogP contribution is 2.01. The van der Waals surface area contributed by atoms with Crippen molar-refractivity contribution < 1.29 is 5.11 Å². The van der Waals surface area contributed by atoms with Crippen LogP contribution in [-0.4, -0.2) is 24.3 Å². The summed E-state index contributed by atoms with van der Waals surface area (Å²) in [7, 11) is 0. The lowest BCUT2D eigenvalue weighted by molar-refractivity contribution is 0.264. The van der Waals surface area contributed by atoms with Gasteiger partial charge in [-0.05, 0) is 12.8 Å². The van der Waals surface area contributed by atoms with E-state index in [1.165, 1.54) is 0 Å². The third-order valence-electron chi connectivity index (χ3n) is 1.55. The molecule has 0 aliphatic heterocycles. The summed E-state index contributed by atoms with van der Waals surface area (Å²) in [4.78, 5) is 0. The molecule has 66 valence electrons. The van der Waals surface area contributed by atoms with Gasteiger partial charge in [0.25, 0.3) is 0 Å². The molecule has 0 radical (unpaired) electrons. The van der Waals surface area contributed by atoms with Crippen molar-refractivity contribution in [2.75, 3.05) is 13.2 Å². The second-order valence-corrected chi connectivity index (χ2v) is 3.64. The van der Waals surface area contributed by atoms with E-state index in [1.807, 2.05) is 0 Å². The molecule has 2 N–H and O–H groups in total. The molecule has 0 heterocycles. The summed E-state index contributed by atoms with van der Waals surface area (Å²) in [5, 5.41) is 11.9. The molecule has 1 atom stereocenters. The molecule has 0 fully saturated rings. The molecule has 0 aliphatic rings. The number of hydrogen-bond donors (Lipinski definition) is 2. The maximum atomic E-state index is 8.66. The summed E-state index contributed by atoms with van der Waals surface area (Å²) in [5.74, 6) is 0. The van der Waals surface area contributed by atoms with Gasteiger partial charge in [0.1, 0.15) is 0 Å². The highest BCUT2D eigenvalue weighted by atomic mass is 79.9. The van der Waals surface area contributed by atoms with Gasteiger partial charge in [-0.25, -0.2) is 0 Å². The molecular formula is C8H16BrNO. The fraction of sp³-hybridized carbons (Fsp3) is 0.750. The van der Waals surface area contributed by atoms with Gasteiger partial charge in [-0.15, -0.1) is 0 Å². The van der Waals surface area contributed by atoms with Crippen molar-refractivity contribution in [2.45, 2.75) is 25.8 Å². The zero-order valence-corrected chi connectivity index (χ0v) is 8.52. The van der Waals surface area contributed by atoms with E-state index < -0.39 is 0 Å². The SMILES string of the molecule is C=C(Br)CNC(CC)CCO. The minimum Gasteiger partial charge on any atom is -0.396 e. The van der Waals surface area contributed by atoms with Gasteiger partial charge in [0.2, 0.25) is 0 Å². The Morgan fingerprint density at radius 2 is 2.36 bits per heavy atom. The normalized spacial score (nSPS) is 13.0. The first-order valence-electron chi connectivity index (χ1n) is 3.88. The molecule has 0 aromatic heterocycles. The minimum absolute atomic E-state index is 0.250. The van der Waals surface area contributed by atoms with Gasteiger partial charge in [0.15, 0.2) is 0 Å². The van der Waals surface area contributed by atoms with Gasteiger partial charge in [-0.2, -0.15) is 0 Å². The first-order chi connectivity index (χ1) is 5.20. The zero-order chi connectivity index (χ0) is 8.69. The summed E-state index contributed by atoms with van der Waals surface area (Å²) < 4.78 is 0.953. The average Bonchev–Trinajstić information content (AvgIpc) is 1.97. The molecular weight excluding hydrogens is 206 g/mol. The van der Waals surface area contributed by atoms with E-state index in [0.29, 0.717) is 6.04 Å². The number of nitrogens with one attached hydrogen (secondary N) is 1. The van der Waals surface area contributed by atoms with E-state index in [9.17, 15) is 0 Å². The van der Waals surface area contributed by atoms with E-state index in [1.54, 1.807) is 0 Å². The van der Waals surface area contributed by atoms with E-state index in [0.717, 1.165) is 23.9 Å². The monoisotopic (exact) mass is 221 g/mol. The Balaban J connectivity index is 3.43. The smallest absolute Gasteiger partial charge is 0.0445 e. The third kappa shape index (κ3) is 6.53. The Hall–Kier alpha value is 0.140. The second kappa shape index (κ2) is 6.83. The van der Waals surface area contributed by atoms with Crippen LogP contribution in [0.1, 0.15) is 19.8 Å². The van der Waals surface area contributed by atoms with Crippen molar-refractivity contribution in [2.24, 2.45) is 0 Å². The highest BCUT2D eigenvalue weighted by molar-refractivity contribution is 9.11. The third-order valence-corrected chi connectivity index (χ3v) is 1.83. The average molecular weight is 222 g/mol. The van der Waals surface area contributed by atoms with Gasteiger partial charge in [-0.3, -0.25) is 0 Å². The molecule has 11 heavy (non-hydrogen) atoms. The van der Waals surface area contributed by atoms with Crippen LogP contribution in [-0.2, 0) is 0 Å². The van der Waals surface area contributed by atoms with E-state index in [4.69, 9.17) is 5.11 Å². The predicted molar refractivity (Wildman–Crippen MR) is 51.9 cm³/mol. The summed E-state index contributed by atoms with van der Waals surface area (Å²) in [6, 6.07) is 0.411. The molecule has 0 bridgehead atoms. The Kier molecular flexibility index (Phi) is 6.91. The van der Waals surface area contributed by atoms with Crippen LogP contribution in [0.4, 0.5) is 0 Å². The van der Waals surface area contributed by atoms with Crippen LogP contribution in [0.5, 0.6) is 0 Å². The second-order valence-electron chi connectivity index (χ2n) is 2.52. The molecule has 0 saturated heterocycles. The van der Waals surface area contributed by atoms with Gasteiger partial charge >= 0.3 is 0 Å². The molecule has 0 aliphatic carbocycles. The molecule has 0 aromatic rings. The topological polar surface area (TPSA) is 32.3 Å². The minimum atomic E-state index is 0.250. The van der Waals surface area contributed by atoms with Crippen LogP contribution in [0.2, 0.25) is 0 Å². The van der Waals surface area contributed by atoms with Crippen molar-refractivity contribution in [3.63, 3.8) is 0 Å². The number of halogens is 1. The fourth-order valence-corrected chi connectivity index (χ4v) is 1.02. The number of aliphatic hydroxyl groups is 1. The summed E-state index contributed by atoms with van der Waals surface area (Å²) in [6.45, 7) is 6.84. The van der Waals surface area contributed by atoms with Crippen molar-refractivity contribution in [3.8, 4) is 0 Å². The number of aliphatic hydroxyl groups excluding tert-OH is 1. The zero-order valence-electron chi connectivity index (χ0n) is 6.94. The lowest BCUT2D eigenvalue weighted by Gasteiger charge is -2.14. The van der Waals surface area contributed by atoms with Gasteiger partial charge in [-0.1, -0.05) is 29.4 Å². The molecule has 0 spiro atoms. The number of rotatable bonds is 6. The van der Waals surface area contributed by atoms with Crippen LogP contribution in [0.15, 0.2) is 11.1 Å². The van der Waals surface area contributed by atoms with Crippen LogP contribution in [0.3, 0.4) is 0 Å². The lowest BCUT2D eigenvalue weighted by atomic mass is 10.1. The van der Waals surface area contributed by atoms with Crippen LogP contribution in [0.25, 0.3) is 0 Å². The molecule has 0 amide bonds. The molecule has 2 nitrogen and oxygen atoms in total. The van der Waals surface area contributed by atoms with Crippen molar-refractivity contribution in [1.29, 1.82) is 0 Å². The Labute approximate surface area is 76.8 Å². The maximum absolute atomic E-state index is 8.66. The fourth-order valence-electron chi connectivity index (χ4n) is 0.861. The quantitative estimate of drug-likeness (QED) is 0.716. The first kappa shape index (κ1) is 11.1. The molecule has 0 rings (SSSR count). The van der Waals surface area contributed by atoms with Gasteiger partial charge in [0, 0.05) is 23.7 Å². The number of hydrogen-bond acceptors (Lipinski definition) is 2. The molecule has 1 unspecified atom stereocenters. The van der Waals surface area contributed by atoms with Crippen LogP contribution in [0, 0.1) is 0 Å². The van der Waals surface area contributed by atoms with E-state index in [2.05, 4.69) is 34.7 Å². The maximum Gasteiger partial charge on any atom is 0.0445 e. The lowest BCUT2D eigenvalue weighted by Crippen LogP contribution is -2.30. The van der Waals surface area contributed by atoms with Gasteiger partial charge < -0.3 is 10.4 Å². The summed E-state index contributed by atoms with van der Waals surface area (Å²) >= 11 is 3.26. The standard InChI is InChI=1S/C8H16BrNO/c1-3-8(4-5-11)10-6-7(2)9/h8,10-11H,2-6H2,1H3. The van der Waals surface area contributed by atoms with Crippen LogP contribution < -0.4 is 5.32 Å². The summed E-state index contributed by atoms with van der Waals surface area (Å²) in [6.07, 6.45) is 1.86. The van der Waals surface area contributed by atoms with Crippen molar-refractivity contribution in [1.82, 2.24) is 5.32 Å². The van der Waals surface area contributed by atoms with Gasteiger partial charge in [0.05, 0.1) is 0 Å². The van der Waals surface area contributed by atoms with Crippen molar-refractivity contribution in [3.05, 3.63) is 11.1 Å². The van der Waals surface area contributed by atoms with E-state index in [-0.39, 0.29) is 6.61 Å². The molecule has 0 aromatic carbocycles. The Morgan fingerprint density at radius 1 is 1.73 bits per heavy atom. The predicted octanol–water partition coefficient (Wildman–Crippen LogP) is 1.65. The molecule has 3 heteroatoms. The highest BCUT2D eigenvalue weighted by Gasteiger charge is 2.03.